The first kappa shape index (κ1) is 21.0. The summed E-state index contributed by atoms with van der Waals surface area (Å²) in [5, 5.41) is 7.06. The fraction of sp³-hybridized carbons (Fsp3) is 0.944. The van der Waals surface area contributed by atoms with Crippen molar-refractivity contribution in [1.82, 2.24) is 15.5 Å². The zero-order valence-electron chi connectivity index (χ0n) is 15.3. The van der Waals surface area contributed by atoms with Crippen LogP contribution in [0.5, 0.6) is 0 Å². The minimum absolute atomic E-state index is 0. The largest absolute Gasteiger partial charge is 0.356 e. The Kier molecular flexibility index (Phi) is 10.5. The van der Waals surface area contributed by atoms with Crippen molar-refractivity contribution in [2.45, 2.75) is 64.8 Å². The summed E-state index contributed by atoms with van der Waals surface area (Å²) in [6, 6.07) is 0.923. The van der Waals surface area contributed by atoms with E-state index in [9.17, 15) is 0 Å². The van der Waals surface area contributed by atoms with Gasteiger partial charge in [0.15, 0.2) is 5.96 Å². The van der Waals surface area contributed by atoms with E-state index in [2.05, 4.69) is 34.4 Å². The van der Waals surface area contributed by atoms with E-state index in [-0.39, 0.29) is 24.0 Å². The van der Waals surface area contributed by atoms with Gasteiger partial charge in [-0.3, -0.25) is 4.99 Å². The van der Waals surface area contributed by atoms with Crippen molar-refractivity contribution in [3.05, 3.63) is 0 Å². The van der Waals surface area contributed by atoms with Crippen molar-refractivity contribution in [2.75, 3.05) is 33.2 Å². The molecule has 0 bridgehead atoms. The van der Waals surface area contributed by atoms with Gasteiger partial charge < -0.3 is 15.5 Å². The quantitative estimate of drug-likeness (QED) is 0.330. The van der Waals surface area contributed by atoms with Gasteiger partial charge in [-0.25, -0.2) is 0 Å². The second-order valence-electron chi connectivity index (χ2n) is 7.13. The molecular formula is C18H37IN4. The lowest BCUT2D eigenvalue weighted by atomic mass is 9.99. The molecule has 1 aliphatic carbocycles. The SMILES string of the molecule is CCCCC(CC)CNC(=NC)NCC1CCN(C2CC2)C1.I. The second kappa shape index (κ2) is 11.5. The molecule has 1 saturated carbocycles. The number of rotatable bonds is 9. The van der Waals surface area contributed by atoms with Crippen LogP contribution >= 0.6 is 24.0 Å². The van der Waals surface area contributed by atoms with E-state index in [1.54, 1.807) is 0 Å². The number of unbranched alkanes of at least 4 members (excludes halogenated alkanes) is 1. The molecule has 1 saturated heterocycles. The van der Waals surface area contributed by atoms with Gasteiger partial charge in [0.2, 0.25) is 0 Å². The predicted molar refractivity (Wildman–Crippen MR) is 111 cm³/mol. The molecule has 2 rings (SSSR count). The van der Waals surface area contributed by atoms with E-state index in [0.717, 1.165) is 36.9 Å². The molecule has 0 amide bonds. The maximum Gasteiger partial charge on any atom is 0.190 e. The number of halogens is 1. The molecule has 2 unspecified atom stereocenters. The summed E-state index contributed by atoms with van der Waals surface area (Å²) in [6.45, 7) is 9.26. The summed E-state index contributed by atoms with van der Waals surface area (Å²) in [6.07, 6.45) is 9.42. The van der Waals surface area contributed by atoms with E-state index >= 15 is 0 Å². The van der Waals surface area contributed by atoms with Gasteiger partial charge >= 0.3 is 0 Å². The van der Waals surface area contributed by atoms with Crippen LogP contribution in [0.2, 0.25) is 0 Å². The Balaban J connectivity index is 0.00000264. The van der Waals surface area contributed by atoms with Crippen LogP contribution in [0.1, 0.15) is 58.8 Å². The monoisotopic (exact) mass is 436 g/mol. The number of guanidine groups is 1. The zero-order chi connectivity index (χ0) is 15.8. The summed E-state index contributed by atoms with van der Waals surface area (Å²) in [4.78, 5) is 7.06. The van der Waals surface area contributed by atoms with Crippen molar-refractivity contribution in [2.24, 2.45) is 16.8 Å². The highest BCUT2D eigenvalue weighted by atomic mass is 127. The third kappa shape index (κ3) is 7.59. The van der Waals surface area contributed by atoms with Gasteiger partial charge in [0.05, 0.1) is 0 Å². The molecule has 136 valence electrons. The second-order valence-corrected chi connectivity index (χ2v) is 7.13. The van der Waals surface area contributed by atoms with Gasteiger partial charge in [0, 0.05) is 32.7 Å². The lowest BCUT2D eigenvalue weighted by molar-refractivity contribution is 0.314. The fourth-order valence-corrected chi connectivity index (χ4v) is 3.45. The summed E-state index contributed by atoms with van der Waals surface area (Å²) in [7, 11) is 1.88. The minimum atomic E-state index is 0. The summed E-state index contributed by atoms with van der Waals surface area (Å²) < 4.78 is 0. The van der Waals surface area contributed by atoms with Gasteiger partial charge in [-0.15, -0.1) is 24.0 Å². The first-order chi connectivity index (χ1) is 10.8. The Bertz CT molecular complexity index is 344. The average Bonchev–Trinajstić information content (AvgIpc) is 3.29. The summed E-state index contributed by atoms with van der Waals surface area (Å²) in [5.41, 5.74) is 0. The molecule has 2 fully saturated rings. The molecule has 0 spiro atoms. The van der Waals surface area contributed by atoms with Crippen molar-refractivity contribution in [1.29, 1.82) is 0 Å². The molecule has 4 nitrogen and oxygen atoms in total. The number of aliphatic imine (C=N–C) groups is 1. The molecular weight excluding hydrogens is 399 g/mol. The standard InChI is InChI=1S/C18H36N4.HI/c1-4-6-7-15(5-2)12-20-18(19-3)21-13-16-10-11-22(14-16)17-8-9-17;/h15-17H,4-14H2,1-3H3,(H2,19,20,21);1H. The van der Waals surface area contributed by atoms with E-state index in [1.807, 2.05) is 7.05 Å². The Morgan fingerprint density at radius 2 is 2.00 bits per heavy atom. The maximum atomic E-state index is 4.38. The summed E-state index contributed by atoms with van der Waals surface area (Å²) in [5.74, 6) is 2.55. The fourth-order valence-electron chi connectivity index (χ4n) is 3.45. The molecule has 1 aliphatic heterocycles. The first-order valence-electron chi connectivity index (χ1n) is 9.45. The van der Waals surface area contributed by atoms with Crippen LogP contribution in [-0.2, 0) is 0 Å². The van der Waals surface area contributed by atoms with Gasteiger partial charge in [0.1, 0.15) is 0 Å². The van der Waals surface area contributed by atoms with Crippen LogP contribution in [0.4, 0.5) is 0 Å². The molecule has 0 aromatic carbocycles. The molecule has 2 atom stereocenters. The molecule has 0 radical (unpaired) electrons. The number of nitrogens with zero attached hydrogens (tertiary/aromatic N) is 2. The Morgan fingerprint density at radius 1 is 1.22 bits per heavy atom. The van der Waals surface area contributed by atoms with Crippen LogP contribution in [-0.4, -0.2) is 50.1 Å². The number of hydrogen-bond acceptors (Lipinski definition) is 2. The number of hydrogen-bond donors (Lipinski definition) is 2. The molecule has 23 heavy (non-hydrogen) atoms. The highest BCUT2D eigenvalue weighted by Gasteiger charge is 2.34. The van der Waals surface area contributed by atoms with E-state index in [1.165, 1.54) is 58.0 Å². The maximum absolute atomic E-state index is 4.38. The third-order valence-electron chi connectivity index (χ3n) is 5.26. The molecule has 0 aromatic heterocycles. The topological polar surface area (TPSA) is 39.7 Å². The van der Waals surface area contributed by atoms with Gasteiger partial charge in [-0.1, -0.05) is 33.1 Å². The first-order valence-corrected chi connectivity index (χ1v) is 9.45. The molecule has 0 aromatic rings. The lowest BCUT2D eigenvalue weighted by Gasteiger charge is -2.19. The van der Waals surface area contributed by atoms with Crippen molar-refractivity contribution < 1.29 is 0 Å². The Morgan fingerprint density at radius 3 is 2.61 bits per heavy atom. The van der Waals surface area contributed by atoms with E-state index < -0.39 is 0 Å². The van der Waals surface area contributed by atoms with Crippen LogP contribution in [0.15, 0.2) is 4.99 Å². The number of likely N-dealkylation sites (tertiary alicyclic amines) is 1. The third-order valence-corrected chi connectivity index (χ3v) is 5.26. The highest BCUT2D eigenvalue weighted by molar-refractivity contribution is 14.0. The predicted octanol–water partition coefficient (Wildman–Crippen LogP) is 3.47. The lowest BCUT2D eigenvalue weighted by Crippen LogP contribution is -2.42. The van der Waals surface area contributed by atoms with Crippen molar-refractivity contribution in [3.8, 4) is 0 Å². The van der Waals surface area contributed by atoms with Crippen LogP contribution in [0.3, 0.4) is 0 Å². The van der Waals surface area contributed by atoms with E-state index in [4.69, 9.17) is 0 Å². The molecule has 2 aliphatic rings. The van der Waals surface area contributed by atoms with Crippen LogP contribution in [0, 0.1) is 11.8 Å². The van der Waals surface area contributed by atoms with Gasteiger partial charge in [-0.05, 0) is 44.1 Å². The Labute approximate surface area is 160 Å². The highest BCUT2D eigenvalue weighted by Crippen LogP contribution is 2.31. The summed E-state index contributed by atoms with van der Waals surface area (Å²) >= 11 is 0. The normalized spacial score (nSPS) is 23.4. The minimum Gasteiger partial charge on any atom is -0.356 e. The van der Waals surface area contributed by atoms with Crippen molar-refractivity contribution in [3.63, 3.8) is 0 Å². The van der Waals surface area contributed by atoms with Crippen molar-refractivity contribution >= 4 is 29.9 Å². The Hall–Kier alpha value is -0.0400. The van der Waals surface area contributed by atoms with Gasteiger partial charge in [0.25, 0.3) is 0 Å². The average molecular weight is 436 g/mol. The molecule has 5 heteroatoms. The van der Waals surface area contributed by atoms with Crippen LogP contribution in [0.25, 0.3) is 0 Å². The van der Waals surface area contributed by atoms with E-state index in [0.29, 0.717) is 0 Å². The van der Waals surface area contributed by atoms with Gasteiger partial charge in [-0.2, -0.15) is 0 Å². The molecule has 1 heterocycles. The molecule has 2 N–H and O–H groups in total. The zero-order valence-corrected chi connectivity index (χ0v) is 17.6. The smallest absolute Gasteiger partial charge is 0.190 e. The van der Waals surface area contributed by atoms with Crippen LogP contribution < -0.4 is 10.6 Å². The number of nitrogens with one attached hydrogen (secondary N) is 2.